The zero-order chi connectivity index (χ0) is 10.3. The van der Waals surface area contributed by atoms with Crippen LogP contribution in [0.15, 0.2) is 23.1 Å². The van der Waals surface area contributed by atoms with Crippen molar-refractivity contribution in [1.82, 2.24) is 4.98 Å². The lowest BCUT2D eigenvalue weighted by Crippen LogP contribution is -2.04. The lowest BCUT2D eigenvalue weighted by atomic mass is 10.1. The topological polar surface area (TPSA) is 32.9 Å². The Kier molecular flexibility index (Phi) is 2.25. The predicted molar refractivity (Wildman–Crippen MR) is 59.3 cm³/mol. The Bertz CT molecular complexity index is 560. The number of rotatable bonds is 0. The molecule has 0 aliphatic heterocycles. The molecule has 4 heteroatoms. The van der Waals surface area contributed by atoms with E-state index in [9.17, 15) is 4.79 Å². The molecule has 14 heavy (non-hydrogen) atoms. The van der Waals surface area contributed by atoms with Crippen molar-refractivity contribution in [3.8, 4) is 0 Å². The number of pyridine rings is 1. The first-order valence-corrected chi connectivity index (χ1v) is 4.83. The van der Waals surface area contributed by atoms with E-state index in [-0.39, 0.29) is 10.5 Å². The summed E-state index contributed by atoms with van der Waals surface area (Å²) >= 11 is 11.6. The fourth-order valence-electron chi connectivity index (χ4n) is 1.41. The van der Waals surface area contributed by atoms with Crippen LogP contribution in [0.4, 0.5) is 0 Å². The van der Waals surface area contributed by atoms with Crippen molar-refractivity contribution in [3.63, 3.8) is 0 Å². The Hall–Kier alpha value is -0.990. The van der Waals surface area contributed by atoms with Gasteiger partial charge in [-0.3, -0.25) is 4.79 Å². The summed E-state index contributed by atoms with van der Waals surface area (Å²) in [6.07, 6.45) is 1.48. The maximum atomic E-state index is 11.7. The minimum absolute atomic E-state index is 0.157. The lowest BCUT2D eigenvalue weighted by Gasteiger charge is -2.03. The third kappa shape index (κ3) is 1.31. The first-order valence-electron chi connectivity index (χ1n) is 4.07. The molecule has 0 unspecified atom stereocenters. The highest BCUT2D eigenvalue weighted by molar-refractivity contribution is 6.36. The molecule has 0 radical (unpaired) electrons. The molecule has 1 aromatic heterocycles. The van der Waals surface area contributed by atoms with Crippen LogP contribution in [0.5, 0.6) is 0 Å². The van der Waals surface area contributed by atoms with Crippen molar-refractivity contribution < 1.29 is 0 Å². The number of benzene rings is 1. The largest absolute Gasteiger partial charge is 0.359 e. The number of H-pyrrole nitrogens is 1. The maximum absolute atomic E-state index is 11.7. The molecule has 0 fully saturated rings. The summed E-state index contributed by atoms with van der Waals surface area (Å²) in [6.45, 7) is 1.91. The first kappa shape index (κ1) is 9.56. The van der Waals surface area contributed by atoms with Crippen LogP contribution in [0.2, 0.25) is 10.0 Å². The minimum atomic E-state index is -0.228. The van der Waals surface area contributed by atoms with E-state index in [1.165, 1.54) is 6.20 Å². The standard InChI is InChI=1S/C10H7Cl2NO/c1-5-2-3-6(11)8-9(5)13-4-7(12)10(8)14/h2-4H,1H3,(H,13,14). The van der Waals surface area contributed by atoms with Crippen molar-refractivity contribution in [2.24, 2.45) is 0 Å². The zero-order valence-electron chi connectivity index (χ0n) is 7.40. The molecule has 0 saturated heterocycles. The number of nitrogens with one attached hydrogen (secondary N) is 1. The number of fused-ring (bicyclic) bond motifs is 1. The number of halogens is 2. The van der Waals surface area contributed by atoms with Crippen LogP contribution in [0, 0.1) is 6.92 Å². The van der Waals surface area contributed by atoms with Gasteiger partial charge in [-0.2, -0.15) is 0 Å². The molecule has 2 nitrogen and oxygen atoms in total. The summed E-state index contributed by atoms with van der Waals surface area (Å²) in [5.74, 6) is 0. The Morgan fingerprint density at radius 2 is 1.93 bits per heavy atom. The van der Waals surface area contributed by atoms with E-state index in [1.54, 1.807) is 6.07 Å². The number of hydrogen-bond acceptors (Lipinski definition) is 1. The molecular weight excluding hydrogens is 221 g/mol. The molecule has 0 saturated carbocycles. The molecular formula is C10H7Cl2NO. The summed E-state index contributed by atoms with van der Waals surface area (Å²) in [5, 5.41) is 1.04. The van der Waals surface area contributed by atoms with Crippen LogP contribution >= 0.6 is 23.2 Å². The van der Waals surface area contributed by atoms with E-state index in [4.69, 9.17) is 23.2 Å². The van der Waals surface area contributed by atoms with Gasteiger partial charge in [0.2, 0.25) is 5.43 Å². The highest BCUT2D eigenvalue weighted by atomic mass is 35.5. The fraction of sp³-hybridized carbons (Fsp3) is 0.100. The molecule has 0 bridgehead atoms. The second-order valence-corrected chi connectivity index (χ2v) is 3.89. The molecule has 0 aliphatic rings. The third-order valence-electron chi connectivity index (χ3n) is 2.15. The predicted octanol–water partition coefficient (Wildman–Crippen LogP) is 3.14. The van der Waals surface area contributed by atoms with Gasteiger partial charge in [-0.1, -0.05) is 29.3 Å². The van der Waals surface area contributed by atoms with E-state index in [0.29, 0.717) is 10.4 Å². The van der Waals surface area contributed by atoms with Gasteiger partial charge < -0.3 is 4.98 Å². The van der Waals surface area contributed by atoms with Crippen LogP contribution in [0.1, 0.15) is 5.56 Å². The van der Waals surface area contributed by atoms with Crippen molar-refractivity contribution in [3.05, 3.63) is 44.2 Å². The molecule has 1 aromatic carbocycles. The van der Waals surface area contributed by atoms with Crippen LogP contribution in [0.3, 0.4) is 0 Å². The Balaban J connectivity index is 3.09. The molecule has 0 amide bonds. The summed E-state index contributed by atoms with van der Waals surface area (Å²) < 4.78 is 0. The SMILES string of the molecule is Cc1ccc(Cl)c2c(=O)c(Cl)c[nH]c12. The van der Waals surface area contributed by atoms with Crippen LogP contribution in [-0.2, 0) is 0 Å². The van der Waals surface area contributed by atoms with E-state index < -0.39 is 0 Å². The zero-order valence-corrected chi connectivity index (χ0v) is 8.91. The summed E-state index contributed by atoms with van der Waals surface area (Å²) in [6, 6.07) is 3.55. The van der Waals surface area contributed by atoms with Gasteiger partial charge in [-0.25, -0.2) is 0 Å². The van der Waals surface area contributed by atoms with E-state index in [2.05, 4.69) is 4.98 Å². The van der Waals surface area contributed by atoms with Gasteiger partial charge in [-0.15, -0.1) is 0 Å². The molecule has 2 aromatic rings. The van der Waals surface area contributed by atoms with Crippen molar-refractivity contribution in [2.45, 2.75) is 6.92 Å². The Morgan fingerprint density at radius 3 is 2.64 bits per heavy atom. The average Bonchev–Trinajstić information content (AvgIpc) is 2.16. The Morgan fingerprint density at radius 1 is 1.21 bits per heavy atom. The number of aromatic nitrogens is 1. The number of aryl methyl sites for hydroxylation is 1. The summed E-state index contributed by atoms with van der Waals surface area (Å²) in [5.41, 5.74) is 1.49. The second-order valence-electron chi connectivity index (χ2n) is 3.08. The minimum Gasteiger partial charge on any atom is -0.359 e. The van der Waals surface area contributed by atoms with Crippen molar-refractivity contribution in [2.75, 3.05) is 0 Å². The number of hydrogen-bond donors (Lipinski definition) is 1. The monoisotopic (exact) mass is 227 g/mol. The maximum Gasteiger partial charge on any atom is 0.209 e. The van der Waals surface area contributed by atoms with Gasteiger partial charge in [0.15, 0.2) is 0 Å². The molecule has 0 aliphatic carbocycles. The highest BCUT2D eigenvalue weighted by Gasteiger charge is 2.08. The van der Waals surface area contributed by atoms with E-state index in [0.717, 1.165) is 11.1 Å². The summed E-state index contributed by atoms with van der Waals surface area (Å²) in [4.78, 5) is 14.6. The molecule has 0 atom stereocenters. The van der Waals surface area contributed by atoms with Crippen LogP contribution in [-0.4, -0.2) is 4.98 Å². The van der Waals surface area contributed by atoms with Gasteiger partial charge in [0.05, 0.1) is 15.9 Å². The van der Waals surface area contributed by atoms with Gasteiger partial charge in [0.1, 0.15) is 5.02 Å². The molecule has 1 heterocycles. The van der Waals surface area contributed by atoms with E-state index >= 15 is 0 Å². The average molecular weight is 228 g/mol. The summed E-state index contributed by atoms with van der Waals surface area (Å²) in [7, 11) is 0. The third-order valence-corrected chi connectivity index (χ3v) is 2.75. The molecule has 0 spiro atoms. The fourth-order valence-corrected chi connectivity index (χ4v) is 1.80. The smallest absolute Gasteiger partial charge is 0.209 e. The van der Waals surface area contributed by atoms with Gasteiger partial charge >= 0.3 is 0 Å². The van der Waals surface area contributed by atoms with Gasteiger partial charge in [0, 0.05) is 6.20 Å². The lowest BCUT2D eigenvalue weighted by molar-refractivity contribution is 1.35. The molecule has 1 N–H and O–H groups in total. The molecule has 2 rings (SSSR count). The second kappa shape index (κ2) is 3.30. The number of aromatic amines is 1. The van der Waals surface area contributed by atoms with Crippen molar-refractivity contribution in [1.29, 1.82) is 0 Å². The molecule has 72 valence electrons. The Labute approximate surface area is 90.5 Å². The van der Waals surface area contributed by atoms with Crippen molar-refractivity contribution >= 4 is 34.1 Å². The van der Waals surface area contributed by atoms with Gasteiger partial charge in [-0.05, 0) is 18.6 Å². The van der Waals surface area contributed by atoms with Gasteiger partial charge in [0.25, 0.3) is 0 Å². The van der Waals surface area contributed by atoms with Crippen LogP contribution in [0.25, 0.3) is 10.9 Å². The van der Waals surface area contributed by atoms with Crippen LogP contribution < -0.4 is 5.43 Å². The first-order chi connectivity index (χ1) is 6.61. The quantitative estimate of drug-likeness (QED) is 0.738. The highest BCUT2D eigenvalue weighted by Crippen LogP contribution is 2.22. The van der Waals surface area contributed by atoms with E-state index in [1.807, 2.05) is 13.0 Å². The normalized spacial score (nSPS) is 10.8.